The molecule has 0 radical (unpaired) electrons. The summed E-state index contributed by atoms with van der Waals surface area (Å²) in [7, 11) is 0. The van der Waals surface area contributed by atoms with E-state index in [-0.39, 0.29) is 6.04 Å². The first kappa shape index (κ1) is 10.3. The predicted octanol–water partition coefficient (Wildman–Crippen LogP) is 2.20. The number of aromatic nitrogens is 2. The van der Waals surface area contributed by atoms with E-state index in [0.717, 1.165) is 11.3 Å². The van der Waals surface area contributed by atoms with Gasteiger partial charge in [0, 0.05) is 5.38 Å². The molecule has 0 aliphatic rings. The van der Waals surface area contributed by atoms with Gasteiger partial charge in [0.25, 0.3) is 0 Å². The summed E-state index contributed by atoms with van der Waals surface area (Å²) >= 11 is 1.33. The first-order valence-corrected chi connectivity index (χ1v) is 5.61. The van der Waals surface area contributed by atoms with E-state index in [4.69, 9.17) is 5.73 Å². The smallest absolute Gasteiger partial charge is 0.0967 e. The Morgan fingerprint density at radius 1 is 1.20 bits per heavy atom. The van der Waals surface area contributed by atoms with Gasteiger partial charge >= 0.3 is 0 Å². The molecule has 2 N–H and O–H groups in total. The summed E-state index contributed by atoms with van der Waals surface area (Å²) in [5.74, 6) is 0. The number of aryl methyl sites for hydroxylation is 2. The van der Waals surface area contributed by atoms with Crippen LogP contribution in [0.2, 0.25) is 0 Å². The minimum absolute atomic E-state index is 0.164. The molecule has 0 amide bonds. The zero-order valence-corrected chi connectivity index (χ0v) is 9.58. The fourth-order valence-corrected chi connectivity index (χ4v) is 2.16. The number of rotatable bonds is 2. The average Bonchev–Trinajstić information content (AvgIpc) is 2.67. The largest absolute Gasteiger partial charge is 0.319 e. The molecule has 0 aliphatic carbocycles. The summed E-state index contributed by atoms with van der Waals surface area (Å²) in [6.07, 6.45) is 0. The van der Waals surface area contributed by atoms with Gasteiger partial charge in [0.05, 0.1) is 11.7 Å². The maximum Gasteiger partial charge on any atom is 0.0967 e. The lowest BCUT2D eigenvalue weighted by Crippen LogP contribution is -2.12. The molecule has 1 heterocycles. The fraction of sp³-hybridized carbons (Fsp3) is 0.273. The third kappa shape index (κ3) is 2.22. The molecule has 4 heteroatoms. The van der Waals surface area contributed by atoms with Crippen molar-refractivity contribution in [3.63, 3.8) is 0 Å². The maximum absolute atomic E-state index is 6.10. The van der Waals surface area contributed by atoms with Gasteiger partial charge < -0.3 is 5.73 Å². The van der Waals surface area contributed by atoms with Crippen LogP contribution < -0.4 is 5.73 Å². The number of hydrogen-bond donors (Lipinski definition) is 1. The quantitative estimate of drug-likeness (QED) is 0.842. The van der Waals surface area contributed by atoms with E-state index in [1.165, 1.54) is 22.7 Å². The van der Waals surface area contributed by atoms with E-state index in [1.54, 1.807) is 0 Å². The average molecular weight is 219 g/mol. The Bertz CT molecular complexity index is 431. The Hall–Kier alpha value is -1.26. The second kappa shape index (κ2) is 4.08. The molecule has 0 bridgehead atoms. The molecule has 1 aromatic heterocycles. The summed E-state index contributed by atoms with van der Waals surface area (Å²) < 4.78 is 3.83. The highest BCUT2D eigenvalue weighted by Crippen LogP contribution is 2.20. The molecular formula is C11H13N3S. The fourth-order valence-electron chi connectivity index (χ4n) is 1.67. The highest BCUT2D eigenvalue weighted by atomic mass is 32.1. The van der Waals surface area contributed by atoms with E-state index in [9.17, 15) is 0 Å². The topological polar surface area (TPSA) is 51.8 Å². The molecule has 15 heavy (non-hydrogen) atoms. The summed E-state index contributed by atoms with van der Waals surface area (Å²) in [6.45, 7) is 4.14. The first-order valence-electron chi connectivity index (χ1n) is 4.77. The highest BCUT2D eigenvalue weighted by Gasteiger charge is 2.11. The minimum atomic E-state index is -0.164. The van der Waals surface area contributed by atoms with E-state index >= 15 is 0 Å². The van der Waals surface area contributed by atoms with E-state index in [0.29, 0.717) is 0 Å². The van der Waals surface area contributed by atoms with Crippen LogP contribution in [0.4, 0.5) is 0 Å². The van der Waals surface area contributed by atoms with Crippen molar-refractivity contribution >= 4 is 11.5 Å². The maximum atomic E-state index is 6.10. The molecule has 78 valence electrons. The molecule has 3 nitrogen and oxygen atoms in total. The van der Waals surface area contributed by atoms with Gasteiger partial charge in [0.1, 0.15) is 0 Å². The molecule has 0 aliphatic heterocycles. The lowest BCUT2D eigenvalue weighted by molar-refractivity contribution is 0.816. The Kier molecular flexibility index (Phi) is 2.79. The third-order valence-electron chi connectivity index (χ3n) is 2.30. The van der Waals surface area contributed by atoms with Crippen molar-refractivity contribution in [2.24, 2.45) is 5.73 Å². The molecule has 0 saturated carbocycles. The normalized spacial score (nSPS) is 12.7. The molecular weight excluding hydrogens is 206 g/mol. The number of benzene rings is 1. The van der Waals surface area contributed by atoms with Crippen LogP contribution >= 0.6 is 11.5 Å². The number of nitrogens with zero attached hydrogens (tertiary/aromatic N) is 2. The number of hydrogen-bond acceptors (Lipinski definition) is 4. The first-order chi connectivity index (χ1) is 7.16. The van der Waals surface area contributed by atoms with Crippen molar-refractivity contribution in [2.45, 2.75) is 19.9 Å². The Morgan fingerprint density at radius 2 is 1.87 bits per heavy atom. The summed E-state index contributed by atoms with van der Waals surface area (Å²) in [6, 6.07) is 6.16. The van der Waals surface area contributed by atoms with Gasteiger partial charge in [-0.3, -0.25) is 0 Å². The monoisotopic (exact) mass is 219 g/mol. The van der Waals surface area contributed by atoms with Crippen LogP contribution in [0, 0.1) is 13.8 Å². The summed E-state index contributed by atoms with van der Waals surface area (Å²) in [5, 5.41) is 5.89. The van der Waals surface area contributed by atoms with Gasteiger partial charge in [0.15, 0.2) is 0 Å². The summed E-state index contributed by atoms with van der Waals surface area (Å²) in [5.41, 5.74) is 10.5. The second-order valence-electron chi connectivity index (χ2n) is 3.73. The van der Waals surface area contributed by atoms with Crippen molar-refractivity contribution in [3.8, 4) is 0 Å². The SMILES string of the molecule is Cc1cc(C)cc(C(N)c2csnn2)c1. The molecule has 1 unspecified atom stereocenters. The third-order valence-corrected chi connectivity index (χ3v) is 2.82. The van der Waals surface area contributed by atoms with Crippen molar-refractivity contribution in [2.75, 3.05) is 0 Å². The zero-order chi connectivity index (χ0) is 10.8. The minimum Gasteiger partial charge on any atom is -0.319 e. The van der Waals surface area contributed by atoms with Crippen LogP contribution in [0.25, 0.3) is 0 Å². The molecule has 2 aromatic rings. The molecule has 0 saturated heterocycles. The van der Waals surface area contributed by atoms with Crippen LogP contribution in [0.15, 0.2) is 23.6 Å². The predicted molar refractivity (Wildman–Crippen MR) is 61.9 cm³/mol. The van der Waals surface area contributed by atoms with Crippen LogP contribution in [-0.4, -0.2) is 9.59 Å². The summed E-state index contributed by atoms with van der Waals surface area (Å²) in [4.78, 5) is 0. The van der Waals surface area contributed by atoms with Gasteiger partial charge in [-0.25, -0.2) is 0 Å². The van der Waals surface area contributed by atoms with Gasteiger partial charge in [-0.05, 0) is 30.9 Å². The Labute approximate surface area is 93.1 Å². The van der Waals surface area contributed by atoms with Crippen molar-refractivity contribution < 1.29 is 0 Å². The van der Waals surface area contributed by atoms with Crippen molar-refractivity contribution in [1.82, 2.24) is 9.59 Å². The van der Waals surface area contributed by atoms with Crippen LogP contribution in [0.3, 0.4) is 0 Å². The van der Waals surface area contributed by atoms with Crippen LogP contribution in [0.5, 0.6) is 0 Å². The Morgan fingerprint density at radius 3 is 2.40 bits per heavy atom. The van der Waals surface area contributed by atoms with Gasteiger partial charge in [-0.2, -0.15) is 0 Å². The molecule has 1 aromatic carbocycles. The van der Waals surface area contributed by atoms with Gasteiger partial charge in [0.2, 0.25) is 0 Å². The second-order valence-corrected chi connectivity index (χ2v) is 4.34. The van der Waals surface area contributed by atoms with Crippen molar-refractivity contribution in [3.05, 3.63) is 46.0 Å². The van der Waals surface area contributed by atoms with E-state index in [1.807, 2.05) is 5.38 Å². The Balaban J connectivity index is 2.37. The van der Waals surface area contributed by atoms with Gasteiger partial charge in [-0.1, -0.05) is 33.8 Å². The standard InChI is InChI=1S/C11H13N3S/c1-7-3-8(2)5-9(4-7)11(12)10-6-15-14-13-10/h3-6,11H,12H2,1-2H3. The van der Waals surface area contributed by atoms with Gasteiger partial charge in [-0.15, -0.1) is 5.10 Å². The number of nitrogens with two attached hydrogens (primary N) is 1. The van der Waals surface area contributed by atoms with E-state index in [2.05, 4.69) is 41.6 Å². The molecule has 1 atom stereocenters. The van der Waals surface area contributed by atoms with E-state index < -0.39 is 0 Å². The van der Waals surface area contributed by atoms with Crippen LogP contribution in [-0.2, 0) is 0 Å². The lowest BCUT2D eigenvalue weighted by atomic mass is 10.0. The highest BCUT2D eigenvalue weighted by molar-refractivity contribution is 7.03. The zero-order valence-electron chi connectivity index (χ0n) is 8.77. The van der Waals surface area contributed by atoms with Crippen molar-refractivity contribution in [1.29, 1.82) is 0 Å². The molecule has 2 rings (SSSR count). The van der Waals surface area contributed by atoms with Crippen LogP contribution in [0.1, 0.15) is 28.4 Å². The molecule has 0 fully saturated rings. The molecule has 0 spiro atoms. The lowest BCUT2D eigenvalue weighted by Gasteiger charge is -2.10.